The fraction of sp³-hybridized carbons (Fsp3) is 0.522. The number of aromatic nitrogens is 2. The van der Waals surface area contributed by atoms with Gasteiger partial charge >= 0.3 is 0 Å². The van der Waals surface area contributed by atoms with E-state index in [9.17, 15) is 0 Å². The maximum absolute atomic E-state index is 5.67. The lowest BCUT2D eigenvalue weighted by atomic mass is 10.00. The van der Waals surface area contributed by atoms with Crippen molar-refractivity contribution < 1.29 is 4.74 Å². The zero-order valence-corrected chi connectivity index (χ0v) is 18.7. The topological polar surface area (TPSA) is 65.6 Å². The predicted molar refractivity (Wildman–Crippen MR) is 128 cm³/mol. The molecule has 2 saturated heterocycles. The van der Waals surface area contributed by atoms with Crippen molar-refractivity contribution in [2.75, 3.05) is 47.9 Å². The highest BCUT2D eigenvalue weighted by atomic mass is 32.1. The minimum atomic E-state index is 0.237. The lowest BCUT2D eigenvalue weighted by Gasteiger charge is -2.30. The van der Waals surface area contributed by atoms with Gasteiger partial charge in [-0.25, -0.2) is 0 Å². The molecule has 0 amide bonds. The van der Waals surface area contributed by atoms with Crippen molar-refractivity contribution in [3.8, 4) is 0 Å². The molecule has 31 heavy (non-hydrogen) atoms. The van der Waals surface area contributed by atoms with Crippen molar-refractivity contribution in [1.29, 1.82) is 0 Å². The first-order valence-electron chi connectivity index (χ1n) is 11.4. The van der Waals surface area contributed by atoms with E-state index in [1.54, 1.807) is 0 Å². The van der Waals surface area contributed by atoms with Gasteiger partial charge in [0.1, 0.15) is 11.6 Å². The summed E-state index contributed by atoms with van der Waals surface area (Å²) < 4.78 is 5.67. The summed E-state index contributed by atoms with van der Waals surface area (Å²) in [5, 5.41) is 7.03. The number of ether oxygens (including phenoxy) is 1. The zero-order chi connectivity index (χ0) is 21.0. The number of benzene rings is 1. The van der Waals surface area contributed by atoms with Gasteiger partial charge < -0.3 is 25.2 Å². The highest BCUT2D eigenvalue weighted by molar-refractivity contribution is 7.80. The van der Waals surface area contributed by atoms with Gasteiger partial charge in [0.15, 0.2) is 5.11 Å². The Morgan fingerprint density at radius 3 is 2.58 bits per heavy atom. The number of thiocarbonyl (C=S) groups is 1. The van der Waals surface area contributed by atoms with Crippen molar-refractivity contribution in [2.45, 2.75) is 44.8 Å². The van der Waals surface area contributed by atoms with Crippen molar-refractivity contribution >= 4 is 34.9 Å². The number of nitrogens with zero attached hydrogens (tertiary/aromatic N) is 4. The molecule has 8 heteroatoms. The minimum absolute atomic E-state index is 0.237. The van der Waals surface area contributed by atoms with Crippen molar-refractivity contribution in [1.82, 2.24) is 15.3 Å². The van der Waals surface area contributed by atoms with Crippen molar-refractivity contribution in [3.63, 3.8) is 0 Å². The zero-order valence-electron chi connectivity index (χ0n) is 17.8. The Morgan fingerprint density at radius 2 is 1.81 bits per heavy atom. The Morgan fingerprint density at radius 1 is 1.03 bits per heavy atom. The standard InChI is InChI=1S/C23H30N6OS/c31-23(24-15-19-8-5-13-30-19)27-22-25-20(28-10-3-4-11-28)14-21(26-22)29-12-9-17-6-1-2-7-18(17)16-29/h1-2,6-7,14,19H,3-5,8-13,15-16H2,(H2,24,25,26,27,31). The lowest BCUT2D eigenvalue weighted by molar-refractivity contribution is 0.114. The summed E-state index contributed by atoms with van der Waals surface area (Å²) >= 11 is 5.52. The largest absolute Gasteiger partial charge is 0.376 e. The third kappa shape index (κ3) is 4.91. The molecule has 2 N–H and O–H groups in total. The van der Waals surface area contributed by atoms with Crippen LogP contribution < -0.4 is 20.4 Å². The molecule has 0 saturated carbocycles. The Balaban J connectivity index is 1.33. The van der Waals surface area contributed by atoms with E-state index in [1.165, 1.54) is 24.0 Å². The normalized spacial score (nSPS) is 20.6. The van der Waals surface area contributed by atoms with Crippen LogP contribution in [0.1, 0.15) is 36.8 Å². The molecule has 0 radical (unpaired) electrons. The molecule has 0 bridgehead atoms. The van der Waals surface area contributed by atoms with Gasteiger partial charge in [-0.15, -0.1) is 0 Å². The van der Waals surface area contributed by atoms with E-state index in [2.05, 4.69) is 50.8 Å². The van der Waals surface area contributed by atoms with E-state index in [0.717, 1.165) is 63.7 Å². The van der Waals surface area contributed by atoms with Gasteiger partial charge in [0.05, 0.1) is 6.10 Å². The molecule has 1 aromatic heterocycles. The predicted octanol–water partition coefficient (Wildman–Crippen LogP) is 3.10. The first kappa shape index (κ1) is 20.5. The highest BCUT2D eigenvalue weighted by Crippen LogP contribution is 2.28. The van der Waals surface area contributed by atoms with Gasteiger partial charge in [-0.3, -0.25) is 0 Å². The molecule has 0 spiro atoms. The quantitative estimate of drug-likeness (QED) is 0.691. The molecule has 4 heterocycles. The van der Waals surface area contributed by atoms with Gasteiger partial charge in [0.2, 0.25) is 5.95 Å². The van der Waals surface area contributed by atoms with Crippen LogP contribution in [0.5, 0.6) is 0 Å². The molecule has 1 aromatic carbocycles. The molecular weight excluding hydrogens is 408 g/mol. The summed E-state index contributed by atoms with van der Waals surface area (Å²) in [5.41, 5.74) is 2.81. The molecule has 2 aromatic rings. The van der Waals surface area contributed by atoms with Gasteiger partial charge in [0, 0.05) is 45.4 Å². The Bertz CT molecular complexity index is 926. The molecule has 1 atom stereocenters. The summed E-state index contributed by atoms with van der Waals surface area (Å²) in [6.07, 6.45) is 5.89. The van der Waals surface area contributed by atoms with Gasteiger partial charge in [0.25, 0.3) is 0 Å². The summed E-state index contributed by atoms with van der Waals surface area (Å²) in [6.45, 7) is 5.46. The molecule has 164 valence electrons. The third-order valence-corrected chi connectivity index (χ3v) is 6.57. The van der Waals surface area contributed by atoms with Crippen molar-refractivity contribution in [3.05, 3.63) is 41.5 Å². The molecular formula is C23H30N6OS. The average Bonchev–Trinajstić information content (AvgIpc) is 3.51. The van der Waals surface area contributed by atoms with E-state index in [-0.39, 0.29) is 6.10 Å². The molecule has 7 nitrogen and oxygen atoms in total. The number of fused-ring (bicyclic) bond motifs is 1. The fourth-order valence-electron chi connectivity index (χ4n) is 4.60. The second-order valence-corrected chi connectivity index (χ2v) is 8.92. The summed E-state index contributed by atoms with van der Waals surface area (Å²) in [6, 6.07) is 10.8. The first-order chi connectivity index (χ1) is 15.2. The number of rotatable bonds is 5. The molecule has 2 fully saturated rings. The van der Waals surface area contributed by atoms with E-state index in [1.807, 2.05) is 0 Å². The molecule has 3 aliphatic heterocycles. The SMILES string of the molecule is S=C(NCC1CCCO1)Nc1nc(N2CCCC2)cc(N2CCc3ccccc3C2)n1. The fourth-order valence-corrected chi connectivity index (χ4v) is 4.77. The van der Waals surface area contributed by atoms with Gasteiger partial charge in [-0.2, -0.15) is 9.97 Å². The number of hydrogen-bond donors (Lipinski definition) is 2. The van der Waals surface area contributed by atoms with E-state index < -0.39 is 0 Å². The van der Waals surface area contributed by atoms with Crippen LogP contribution in [0.15, 0.2) is 30.3 Å². The number of anilines is 3. The molecule has 0 aliphatic carbocycles. The van der Waals surface area contributed by atoms with Crippen LogP contribution in [0.2, 0.25) is 0 Å². The van der Waals surface area contributed by atoms with E-state index in [4.69, 9.17) is 26.9 Å². The molecule has 1 unspecified atom stereocenters. The van der Waals surface area contributed by atoms with Crippen LogP contribution in [-0.4, -0.2) is 54.0 Å². The lowest BCUT2D eigenvalue weighted by Crippen LogP contribution is -2.36. The van der Waals surface area contributed by atoms with E-state index >= 15 is 0 Å². The maximum atomic E-state index is 5.67. The number of nitrogens with one attached hydrogen (secondary N) is 2. The first-order valence-corrected chi connectivity index (χ1v) is 11.8. The monoisotopic (exact) mass is 438 g/mol. The second kappa shape index (κ2) is 9.36. The second-order valence-electron chi connectivity index (χ2n) is 8.51. The average molecular weight is 439 g/mol. The summed E-state index contributed by atoms with van der Waals surface area (Å²) in [7, 11) is 0. The Labute approximate surface area is 189 Å². The van der Waals surface area contributed by atoms with Crippen LogP contribution in [0.3, 0.4) is 0 Å². The van der Waals surface area contributed by atoms with Crippen LogP contribution >= 0.6 is 12.2 Å². The van der Waals surface area contributed by atoms with Crippen LogP contribution in [0.4, 0.5) is 17.6 Å². The maximum Gasteiger partial charge on any atom is 0.232 e. The number of hydrogen-bond acceptors (Lipinski definition) is 6. The highest BCUT2D eigenvalue weighted by Gasteiger charge is 2.22. The Kier molecular flexibility index (Phi) is 6.18. The van der Waals surface area contributed by atoms with Gasteiger partial charge in [-0.05, 0) is 55.4 Å². The minimum Gasteiger partial charge on any atom is -0.376 e. The van der Waals surface area contributed by atoms with Crippen LogP contribution in [0, 0.1) is 0 Å². The summed E-state index contributed by atoms with van der Waals surface area (Å²) in [5.74, 6) is 2.49. The third-order valence-electron chi connectivity index (χ3n) is 6.32. The van der Waals surface area contributed by atoms with Crippen LogP contribution in [-0.2, 0) is 17.7 Å². The summed E-state index contributed by atoms with van der Waals surface area (Å²) in [4.78, 5) is 14.3. The van der Waals surface area contributed by atoms with Gasteiger partial charge in [-0.1, -0.05) is 24.3 Å². The van der Waals surface area contributed by atoms with E-state index in [0.29, 0.717) is 17.6 Å². The molecule has 3 aliphatic rings. The van der Waals surface area contributed by atoms with Crippen LogP contribution in [0.25, 0.3) is 0 Å². The Hall–Kier alpha value is -2.45. The smallest absolute Gasteiger partial charge is 0.232 e. The van der Waals surface area contributed by atoms with Crippen molar-refractivity contribution in [2.24, 2.45) is 0 Å². The molecule has 5 rings (SSSR count).